The van der Waals surface area contributed by atoms with Crippen molar-refractivity contribution in [1.82, 2.24) is 19.5 Å². The number of hydrogen-bond acceptors (Lipinski definition) is 6. The van der Waals surface area contributed by atoms with Crippen LogP contribution in [0, 0.1) is 5.92 Å². The van der Waals surface area contributed by atoms with E-state index in [4.69, 9.17) is 9.16 Å². The predicted octanol–water partition coefficient (Wildman–Crippen LogP) is 5.41. The Morgan fingerprint density at radius 2 is 1.88 bits per heavy atom. The molecule has 1 fully saturated rings. The van der Waals surface area contributed by atoms with Gasteiger partial charge in [-0.25, -0.2) is 15.0 Å². The van der Waals surface area contributed by atoms with Crippen molar-refractivity contribution < 1.29 is 14.0 Å². The van der Waals surface area contributed by atoms with Gasteiger partial charge in [-0.05, 0) is 36.7 Å². The highest BCUT2D eigenvalue weighted by Gasteiger charge is 2.49. The van der Waals surface area contributed by atoms with Gasteiger partial charge < -0.3 is 14.5 Å². The van der Waals surface area contributed by atoms with E-state index in [-0.39, 0.29) is 35.3 Å². The summed E-state index contributed by atoms with van der Waals surface area (Å²) < 4.78 is 15.3. The van der Waals surface area contributed by atoms with E-state index in [1.54, 1.807) is 18.5 Å². The topological polar surface area (TPSA) is 91.2 Å². The Hall–Kier alpha value is -2.62. The third kappa shape index (κ3) is 4.52. The molecule has 0 aliphatic carbocycles. The molecular weight excluding hydrogens is 446 g/mol. The minimum atomic E-state index is -2.05. The number of hydrogen-bond donors (Lipinski definition) is 1. The molecule has 1 amide bonds. The number of ether oxygens (including phenoxy) is 1. The zero-order valence-electron chi connectivity index (χ0n) is 21.1. The number of benzene rings is 1. The van der Waals surface area contributed by atoms with Gasteiger partial charge in [-0.15, -0.1) is 0 Å². The lowest BCUT2D eigenvalue weighted by Gasteiger charge is -2.40. The van der Waals surface area contributed by atoms with Crippen LogP contribution in [0.25, 0.3) is 11.2 Å². The third-order valence-electron chi connectivity index (χ3n) is 7.24. The first-order valence-corrected chi connectivity index (χ1v) is 14.8. The number of fused-ring (bicyclic) bond motifs is 1. The lowest BCUT2D eigenvalue weighted by Crippen LogP contribution is -2.46. The van der Waals surface area contributed by atoms with Gasteiger partial charge in [-0.2, -0.15) is 0 Å². The van der Waals surface area contributed by atoms with Gasteiger partial charge in [-0.1, -0.05) is 52.8 Å². The standard InChI is InChI=1S/C25H35N5O3Si/c1-8-18-16(2)20(33-34(6,7)25(3,4)5)24(32-18)30-15-28-19-21(26-14-27-22(19)30)29-23(31)17-12-10-9-11-13-17/h9-16,18,20,24H,8H2,1-7H3,(H,26,27,29,31)/t16?,18-,20+,24-/m1/s1. The minimum absolute atomic E-state index is 0.0790. The van der Waals surface area contributed by atoms with Crippen LogP contribution in [0.5, 0.6) is 0 Å². The van der Waals surface area contributed by atoms with E-state index >= 15 is 0 Å². The van der Waals surface area contributed by atoms with Crippen molar-refractivity contribution in [3.05, 3.63) is 48.5 Å². The zero-order chi connectivity index (χ0) is 24.7. The number of nitrogens with one attached hydrogen (secondary N) is 1. The average molecular weight is 482 g/mol. The highest BCUT2D eigenvalue weighted by Crippen LogP contribution is 2.44. The van der Waals surface area contributed by atoms with Gasteiger partial charge in [0.15, 0.2) is 31.5 Å². The quantitative estimate of drug-likeness (QED) is 0.473. The molecule has 0 bridgehead atoms. The summed E-state index contributed by atoms with van der Waals surface area (Å²) in [7, 11) is -2.05. The summed E-state index contributed by atoms with van der Waals surface area (Å²) in [4.78, 5) is 26.0. The first-order chi connectivity index (χ1) is 16.0. The summed E-state index contributed by atoms with van der Waals surface area (Å²) in [5, 5.41) is 2.95. The monoisotopic (exact) mass is 481 g/mol. The molecule has 1 aliphatic rings. The Morgan fingerprint density at radius 1 is 1.18 bits per heavy atom. The number of amides is 1. The molecule has 9 heteroatoms. The first-order valence-electron chi connectivity index (χ1n) is 11.9. The maximum atomic E-state index is 12.7. The largest absolute Gasteiger partial charge is 0.409 e. The van der Waals surface area contributed by atoms with Crippen LogP contribution in [0.2, 0.25) is 18.1 Å². The number of nitrogens with zero attached hydrogens (tertiary/aromatic N) is 4. The Kier molecular flexibility index (Phi) is 6.63. The molecule has 0 saturated carbocycles. The molecule has 0 radical (unpaired) electrons. The van der Waals surface area contributed by atoms with Gasteiger partial charge in [0, 0.05) is 11.5 Å². The fraction of sp³-hybridized carbons (Fsp3) is 0.520. The lowest BCUT2D eigenvalue weighted by molar-refractivity contribution is -0.0321. The normalized spacial score (nSPS) is 23.4. The van der Waals surface area contributed by atoms with Crippen LogP contribution in [0.15, 0.2) is 43.0 Å². The van der Waals surface area contributed by atoms with E-state index < -0.39 is 8.32 Å². The van der Waals surface area contributed by atoms with Crippen LogP contribution < -0.4 is 5.32 Å². The molecule has 3 aromatic rings. The average Bonchev–Trinajstić information content (AvgIpc) is 3.35. The molecular formula is C25H35N5O3Si. The smallest absolute Gasteiger partial charge is 0.256 e. The minimum Gasteiger partial charge on any atom is -0.409 e. The van der Waals surface area contributed by atoms with Crippen LogP contribution in [0.4, 0.5) is 5.82 Å². The van der Waals surface area contributed by atoms with E-state index in [1.165, 1.54) is 6.33 Å². The molecule has 0 spiro atoms. The van der Waals surface area contributed by atoms with Crippen molar-refractivity contribution >= 4 is 31.2 Å². The maximum absolute atomic E-state index is 12.7. The molecule has 2 aromatic heterocycles. The SMILES string of the molecule is CC[C@H]1O[C@@H](n2cnc3c(NC(=O)c4ccccc4)ncnc32)[C@@H](O[Si](C)(C)C(C)(C)C)C1C. The summed E-state index contributed by atoms with van der Waals surface area (Å²) in [6.07, 6.45) is 3.66. The summed E-state index contributed by atoms with van der Waals surface area (Å²) in [6, 6.07) is 9.03. The van der Waals surface area contributed by atoms with Crippen molar-refractivity contribution in [1.29, 1.82) is 0 Å². The number of carbonyl (C=O) groups excluding carboxylic acids is 1. The predicted molar refractivity (Wildman–Crippen MR) is 135 cm³/mol. The molecule has 1 saturated heterocycles. The highest BCUT2D eigenvalue weighted by molar-refractivity contribution is 6.74. The summed E-state index contributed by atoms with van der Waals surface area (Å²) in [5.41, 5.74) is 1.68. The van der Waals surface area contributed by atoms with Gasteiger partial charge in [-0.3, -0.25) is 9.36 Å². The van der Waals surface area contributed by atoms with Gasteiger partial charge in [0.25, 0.3) is 5.91 Å². The Bertz CT molecular complexity index is 1160. The van der Waals surface area contributed by atoms with E-state index in [1.807, 2.05) is 22.8 Å². The number of imidazole rings is 1. The second kappa shape index (κ2) is 9.20. The van der Waals surface area contributed by atoms with Crippen LogP contribution in [-0.2, 0) is 9.16 Å². The summed E-state index contributed by atoms with van der Waals surface area (Å²) >= 11 is 0. The molecule has 3 heterocycles. The van der Waals surface area contributed by atoms with E-state index in [2.05, 4.69) is 68.0 Å². The summed E-state index contributed by atoms with van der Waals surface area (Å²) in [6.45, 7) is 15.6. The molecule has 1 N–H and O–H groups in total. The van der Waals surface area contributed by atoms with Crippen LogP contribution in [0.1, 0.15) is 57.6 Å². The second-order valence-electron chi connectivity index (χ2n) is 10.5. The van der Waals surface area contributed by atoms with Crippen molar-refractivity contribution in [3.8, 4) is 0 Å². The number of aromatic nitrogens is 4. The van der Waals surface area contributed by atoms with Crippen molar-refractivity contribution in [2.24, 2.45) is 5.92 Å². The summed E-state index contributed by atoms with van der Waals surface area (Å²) in [5.74, 6) is 0.351. The van der Waals surface area contributed by atoms with Crippen LogP contribution >= 0.6 is 0 Å². The number of rotatable bonds is 6. The van der Waals surface area contributed by atoms with Crippen molar-refractivity contribution in [2.75, 3.05) is 5.32 Å². The van der Waals surface area contributed by atoms with Gasteiger partial charge in [0.1, 0.15) is 6.33 Å². The fourth-order valence-electron chi connectivity index (χ4n) is 4.12. The van der Waals surface area contributed by atoms with E-state index in [0.717, 1.165) is 6.42 Å². The molecule has 1 unspecified atom stereocenters. The van der Waals surface area contributed by atoms with Crippen molar-refractivity contribution in [2.45, 2.75) is 77.6 Å². The number of carbonyl (C=O) groups is 1. The third-order valence-corrected chi connectivity index (χ3v) is 11.7. The molecule has 182 valence electrons. The molecule has 8 nitrogen and oxygen atoms in total. The highest BCUT2D eigenvalue weighted by atomic mass is 28.4. The fourth-order valence-corrected chi connectivity index (χ4v) is 5.49. The van der Waals surface area contributed by atoms with Gasteiger partial charge >= 0.3 is 0 Å². The second-order valence-corrected chi connectivity index (χ2v) is 15.3. The Balaban J connectivity index is 1.68. The van der Waals surface area contributed by atoms with Gasteiger partial charge in [0.05, 0.1) is 18.5 Å². The first kappa shape index (κ1) is 24.5. The molecule has 1 aliphatic heterocycles. The zero-order valence-corrected chi connectivity index (χ0v) is 22.1. The molecule has 1 aromatic carbocycles. The maximum Gasteiger partial charge on any atom is 0.256 e. The van der Waals surface area contributed by atoms with E-state index in [0.29, 0.717) is 22.5 Å². The van der Waals surface area contributed by atoms with Gasteiger partial charge in [0.2, 0.25) is 0 Å². The molecule has 4 rings (SSSR count). The Morgan fingerprint density at radius 3 is 2.53 bits per heavy atom. The van der Waals surface area contributed by atoms with E-state index in [9.17, 15) is 4.79 Å². The number of anilines is 1. The van der Waals surface area contributed by atoms with Crippen LogP contribution in [0.3, 0.4) is 0 Å². The van der Waals surface area contributed by atoms with Crippen LogP contribution in [-0.4, -0.2) is 46.0 Å². The Labute approximate surface area is 202 Å². The lowest BCUT2D eigenvalue weighted by atomic mass is 9.99. The van der Waals surface area contributed by atoms with Crippen molar-refractivity contribution in [3.63, 3.8) is 0 Å². The molecule has 4 atom stereocenters. The molecule has 34 heavy (non-hydrogen) atoms.